The van der Waals surface area contributed by atoms with Crippen molar-refractivity contribution in [3.05, 3.63) is 58.0 Å². The van der Waals surface area contributed by atoms with E-state index in [1.807, 2.05) is 12.1 Å². The van der Waals surface area contributed by atoms with Crippen molar-refractivity contribution in [2.45, 2.75) is 18.4 Å². The molecule has 1 N–H and O–H groups in total. The molecule has 0 spiro atoms. The van der Waals surface area contributed by atoms with Crippen LogP contribution in [0.4, 0.5) is 0 Å². The summed E-state index contributed by atoms with van der Waals surface area (Å²) in [4.78, 5) is 10.9. The lowest BCUT2D eigenvalue weighted by atomic mass is 10.2. The van der Waals surface area contributed by atoms with Gasteiger partial charge in [-0.2, -0.15) is 0 Å². The normalized spacial score (nSPS) is 12.3. The number of aryl methyl sites for hydroxylation is 1. The maximum atomic E-state index is 12.0. The van der Waals surface area contributed by atoms with Gasteiger partial charge in [0.15, 0.2) is 0 Å². The van der Waals surface area contributed by atoms with E-state index in [0.29, 0.717) is 22.1 Å². The molecule has 0 saturated carbocycles. The minimum Gasteiger partial charge on any atom is -0.475 e. The van der Waals surface area contributed by atoms with Crippen LogP contribution in [0.15, 0.2) is 34.7 Å². The van der Waals surface area contributed by atoms with Crippen molar-refractivity contribution < 1.29 is 18.5 Å². The molecule has 2 aromatic rings. The number of hydrogen-bond donors (Lipinski definition) is 1. The number of carboxylic acids is 1. The molecule has 6 heteroatoms. The van der Waals surface area contributed by atoms with Crippen molar-refractivity contribution in [2.24, 2.45) is 0 Å². The third-order valence-electron chi connectivity index (χ3n) is 2.71. The zero-order chi connectivity index (χ0) is 14.7. The molecule has 0 fully saturated rings. The fourth-order valence-electron chi connectivity index (χ4n) is 1.81. The van der Waals surface area contributed by atoms with Crippen molar-refractivity contribution >= 4 is 28.4 Å². The highest BCUT2D eigenvalue weighted by molar-refractivity contribution is 7.83. The summed E-state index contributed by atoms with van der Waals surface area (Å²) in [6.07, 6.45) is 0. The van der Waals surface area contributed by atoms with Crippen LogP contribution in [0.1, 0.15) is 27.4 Å². The van der Waals surface area contributed by atoms with Crippen LogP contribution in [-0.2, 0) is 22.3 Å². The Hall–Kier alpha value is -1.59. The molecule has 2 rings (SSSR count). The topological polar surface area (TPSA) is 67.5 Å². The summed E-state index contributed by atoms with van der Waals surface area (Å²) in [5.41, 5.74) is 1.45. The van der Waals surface area contributed by atoms with Crippen LogP contribution >= 0.6 is 11.6 Å². The Kier molecular flexibility index (Phi) is 4.62. The highest BCUT2D eigenvalue weighted by atomic mass is 35.5. The second-order valence-electron chi connectivity index (χ2n) is 4.38. The number of benzene rings is 1. The van der Waals surface area contributed by atoms with Gasteiger partial charge in [-0.15, -0.1) is 0 Å². The molecule has 1 atom stereocenters. The van der Waals surface area contributed by atoms with Gasteiger partial charge in [-0.05, 0) is 30.7 Å². The predicted molar refractivity (Wildman–Crippen MR) is 77.4 cm³/mol. The number of aromatic carboxylic acids is 1. The zero-order valence-corrected chi connectivity index (χ0v) is 12.3. The number of halogens is 1. The molecule has 0 aliphatic heterocycles. The van der Waals surface area contributed by atoms with Crippen molar-refractivity contribution in [1.82, 2.24) is 0 Å². The summed E-state index contributed by atoms with van der Waals surface area (Å²) in [5, 5.41) is 9.52. The van der Waals surface area contributed by atoms with E-state index in [0.717, 1.165) is 5.56 Å². The second kappa shape index (κ2) is 6.24. The Balaban J connectivity index is 2.03. The van der Waals surface area contributed by atoms with Crippen LogP contribution < -0.4 is 0 Å². The highest BCUT2D eigenvalue weighted by Crippen LogP contribution is 2.18. The zero-order valence-electron chi connectivity index (χ0n) is 10.8. The third-order valence-corrected chi connectivity index (χ3v) is 4.22. The standard InChI is InChI=1S/C14H13ClO4S/c1-9-6-12(19-13(9)14(16)17)8-20(18)7-10-2-4-11(15)5-3-10/h2-6H,7-8H2,1H3,(H,16,17). The largest absolute Gasteiger partial charge is 0.475 e. The quantitative estimate of drug-likeness (QED) is 0.919. The van der Waals surface area contributed by atoms with E-state index in [1.165, 1.54) is 0 Å². The lowest BCUT2D eigenvalue weighted by molar-refractivity contribution is 0.0659. The second-order valence-corrected chi connectivity index (χ2v) is 6.28. The number of furan rings is 1. The highest BCUT2D eigenvalue weighted by Gasteiger charge is 2.15. The Morgan fingerprint density at radius 1 is 1.30 bits per heavy atom. The Morgan fingerprint density at radius 3 is 2.50 bits per heavy atom. The molecule has 0 aliphatic carbocycles. The van der Waals surface area contributed by atoms with Gasteiger partial charge in [-0.3, -0.25) is 4.21 Å². The summed E-state index contributed by atoms with van der Waals surface area (Å²) in [6.45, 7) is 1.65. The lowest BCUT2D eigenvalue weighted by Crippen LogP contribution is -1.99. The summed E-state index contributed by atoms with van der Waals surface area (Å²) in [5.74, 6) is -0.219. The number of carboxylic acid groups (broad SMARTS) is 1. The van der Waals surface area contributed by atoms with Crippen LogP contribution in [0.3, 0.4) is 0 Å². The summed E-state index contributed by atoms with van der Waals surface area (Å²) >= 11 is 5.78. The van der Waals surface area contributed by atoms with E-state index >= 15 is 0 Å². The molecule has 1 unspecified atom stereocenters. The maximum Gasteiger partial charge on any atom is 0.372 e. The average Bonchev–Trinajstić information content (AvgIpc) is 2.73. The van der Waals surface area contributed by atoms with Gasteiger partial charge in [-0.25, -0.2) is 4.79 Å². The first-order chi connectivity index (χ1) is 9.45. The molecule has 106 valence electrons. The van der Waals surface area contributed by atoms with Gasteiger partial charge in [0.25, 0.3) is 0 Å². The fourth-order valence-corrected chi connectivity index (χ4v) is 3.06. The maximum absolute atomic E-state index is 12.0. The molecule has 0 radical (unpaired) electrons. The first kappa shape index (κ1) is 14.8. The smallest absolute Gasteiger partial charge is 0.372 e. The first-order valence-electron chi connectivity index (χ1n) is 5.87. The van der Waals surface area contributed by atoms with Crippen molar-refractivity contribution in [3.63, 3.8) is 0 Å². The van der Waals surface area contributed by atoms with E-state index in [2.05, 4.69) is 0 Å². The van der Waals surface area contributed by atoms with Crippen molar-refractivity contribution in [1.29, 1.82) is 0 Å². The van der Waals surface area contributed by atoms with E-state index in [9.17, 15) is 9.00 Å². The van der Waals surface area contributed by atoms with E-state index in [-0.39, 0.29) is 11.5 Å². The summed E-state index contributed by atoms with van der Waals surface area (Å²) < 4.78 is 17.2. The molecule has 1 aromatic carbocycles. The van der Waals surface area contributed by atoms with E-state index in [1.54, 1.807) is 25.1 Å². The van der Waals surface area contributed by atoms with Crippen LogP contribution in [-0.4, -0.2) is 15.3 Å². The minimum atomic E-state index is -1.17. The van der Waals surface area contributed by atoms with Gasteiger partial charge >= 0.3 is 5.97 Å². The fraction of sp³-hybridized carbons (Fsp3) is 0.214. The van der Waals surface area contributed by atoms with Crippen LogP contribution in [0.25, 0.3) is 0 Å². The van der Waals surface area contributed by atoms with Gasteiger partial charge in [0.05, 0.1) is 5.75 Å². The number of hydrogen-bond acceptors (Lipinski definition) is 3. The van der Waals surface area contributed by atoms with Gasteiger partial charge < -0.3 is 9.52 Å². The van der Waals surface area contributed by atoms with Crippen LogP contribution in [0.2, 0.25) is 5.02 Å². The Morgan fingerprint density at radius 2 is 1.95 bits per heavy atom. The molecular weight excluding hydrogens is 300 g/mol. The monoisotopic (exact) mass is 312 g/mol. The van der Waals surface area contributed by atoms with E-state index in [4.69, 9.17) is 21.1 Å². The van der Waals surface area contributed by atoms with Crippen molar-refractivity contribution in [2.75, 3.05) is 0 Å². The first-order valence-corrected chi connectivity index (χ1v) is 7.74. The third kappa shape index (κ3) is 3.71. The summed E-state index contributed by atoms with van der Waals surface area (Å²) in [6, 6.07) is 8.73. The molecule has 1 heterocycles. The molecule has 0 bridgehead atoms. The lowest BCUT2D eigenvalue weighted by Gasteiger charge is -2.01. The van der Waals surface area contributed by atoms with Gasteiger partial charge in [-0.1, -0.05) is 23.7 Å². The van der Waals surface area contributed by atoms with Crippen molar-refractivity contribution in [3.8, 4) is 0 Å². The average molecular weight is 313 g/mol. The van der Waals surface area contributed by atoms with E-state index < -0.39 is 16.8 Å². The molecule has 0 saturated heterocycles. The SMILES string of the molecule is Cc1cc(CS(=O)Cc2ccc(Cl)cc2)oc1C(=O)O. The number of carbonyl (C=O) groups is 1. The molecule has 1 aromatic heterocycles. The van der Waals surface area contributed by atoms with Gasteiger partial charge in [0, 0.05) is 27.1 Å². The van der Waals surface area contributed by atoms with Crippen LogP contribution in [0.5, 0.6) is 0 Å². The number of rotatable bonds is 5. The molecule has 20 heavy (non-hydrogen) atoms. The molecular formula is C14H13ClO4S. The van der Waals surface area contributed by atoms with Crippen LogP contribution in [0, 0.1) is 6.92 Å². The molecule has 4 nitrogen and oxygen atoms in total. The summed E-state index contributed by atoms with van der Waals surface area (Å²) in [7, 11) is -1.17. The van der Waals surface area contributed by atoms with Gasteiger partial charge in [0.1, 0.15) is 5.76 Å². The minimum absolute atomic E-state index is 0.0940. The Bertz CT molecular complexity index is 646. The molecule has 0 amide bonds. The Labute approximate surface area is 123 Å². The predicted octanol–water partition coefficient (Wildman–Crippen LogP) is 3.39. The molecule has 0 aliphatic rings. The van der Waals surface area contributed by atoms with Gasteiger partial charge in [0.2, 0.25) is 5.76 Å².